The number of hydrogen-bond donors (Lipinski definition) is 2. The van der Waals surface area contributed by atoms with Crippen molar-refractivity contribution >= 4 is 11.9 Å². The second-order valence-corrected chi connectivity index (χ2v) is 13.0. The van der Waals surface area contributed by atoms with Crippen molar-refractivity contribution in [3.05, 3.63) is 35.4 Å². The third-order valence-electron chi connectivity index (χ3n) is 8.21. The van der Waals surface area contributed by atoms with E-state index >= 15 is 0 Å². The van der Waals surface area contributed by atoms with Gasteiger partial charge in [-0.15, -0.1) is 0 Å². The Labute approximate surface area is 223 Å². The van der Waals surface area contributed by atoms with Gasteiger partial charge in [0.25, 0.3) is 0 Å². The highest BCUT2D eigenvalue weighted by Crippen LogP contribution is 2.43. The fraction of sp³-hybridized carbons (Fsp3) is 0.742. The summed E-state index contributed by atoms with van der Waals surface area (Å²) in [5.74, 6) is -1.95. The molecule has 2 aliphatic heterocycles. The summed E-state index contributed by atoms with van der Waals surface area (Å²) in [4.78, 5) is 23.4. The Balaban J connectivity index is 1.55. The first kappa shape index (κ1) is 29.6. The molecule has 2 heterocycles. The van der Waals surface area contributed by atoms with Crippen molar-refractivity contribution in [2.75, 3.05) is 0 Å². The van der Waals surface area contributed by atoms with Crippen LogP contribution >= 0.6 is 0 Å². The van der Waals surface area contributed by atoms with Gasteiger partial charge in [-0.1, -0.05) is 64.3 Å². The zero-order valence-corrected chi connectivity index (χ0v) is 23.5. The van der Waals surface area contributed by atoms with Crippen molar-refractivity contribution in [3.8, 4) is 0 Å². The quantitative estimate of drug-likeness (QED) is 0.261. The van der Waals surface area contributed by atoms with Gasteiger partial charge in [0.15, 0.2) is 0 Å². The van der Waals surface area contributed by atoms with Gasteiger partial charge in [-0.3, -0.25) is 9.59 Å². The number of hydrogen-bond acceptors (Lipinski definition) is 4. The number of carboxylic acid groups (broad SMARTS) is 2. The lowest BCUT2D eigenvalue weighted by atomic mass is 9.86. The van der Waals surface area contributed by atoms with Crippen LogP contribution in [0.2, 0.25) is 0 Å². The monoisotopic (exact) mass is 516 g/mol. The molecule has 5 unspecified atom stereocenters. The van der Waals surface area contributed by atoms with Crippen molar-refractivity contribution in [2.24, 2.45) is 16.7 Å². The average Bonchev–Trinajstić information content (AvgIpc) is 3.49. The minimum atomic E-state index is -0.749. The number of ether oxygens (including phenoxy) is 2. The van der Waals surface area contributed by atoms with Gasteiger partial charge in [0.05, 0.1) is 35.7 Å². The summed E-state index contributed by atoms with van der Waals surface area (Å²) in [5.41, 5.74) is 1.83. The summed E-state index contributed by atoms with van der Waals surface area (Å²) in [6, 6.07) is 8.32. The Bertz CT molecular complexity index is 901. The molecule has 3 rings (SSSR count). The molecule has 6 heteroatoms. The number of carboxylic acids is 2. The fourth-order valence-electron chi connectivity index (χ4n) is 5.80. The number of aliphatic carboxylic acids is 2. The van der Waals surface area contributed by atoms with Crippen molar-refractivity contribution in [1.82, 2.24) is 0 Å². The second kappa shape index (κ2) is 12.8. The Morgan fingerprint density at radius 1 is 0.865 bits per heavy atom. The number of unbranched alkanes of at least 4 members (excludes halogenated alkanes) is 1. The van der Waals surface area contributed by atoms with E-state index in [4.69, 9.17) is 9.47 Å². The minimum Gasteiger partial charge on any atom is -0.481 e. The Morgan fingerprint density at radius 3 is 2.08 bits per heavy atom. The Morgan fingerprint density at radius 2 is 1.49 bits per heavy atom. The van der Waals surface area contributed by atoms with Gasteiger partial charge in [0.1, 0.15) is 0 Å². The SMILES string of the molecule is CC(C)(C)CCCC(C(=O)O)C1CCC(c2ccccc2C2CCC(CCCCC(C)(C)C(=O)O)O2)O1. The van der Waals surface area contributed by atoms with Gasteiger partial charge in [-0.25, -0.2) is 0 Å². The molecule has 208 valence electrons. The van der Waals surface area contributed by atoms with Crippen molar-refractivity contribution < 1.29 is 29.3 Å². The Hall–Kier alpha value is -1.92. The zero-order valence-electron chi connectivity index (χ0n) is 23.5. The minimum absolute atomic E-state index is 0.0290. The summed E-state index contributed by atoms with van der Waals surface area (Å²) in [5, 5.41) is 19.2. The van der Waals surface area contributed by atoms with E-state index in [-0.39, 0.29) is 29.8 Å². The molecule has 0 amide bonds. The standard InChI is InChI=1S/C31H48O6/c1-30(2,3)19-10-14-24(28(32)33)27-18-17-26(37-27)23-13-7-6-12-22(23)25-16-15-21(36-25)11-8-9-20-31(4,5)29(34)35/h6-7,12-13,21,24-27H,8-11,14-20H2,1-5H3,(H,32,33)(H,34,35). The molecule has 0 spiro atoms. The van der Waals surface area contributed by atoms with Crippen molar-refractivity contribution in [1.29, 1.82) is 0 Å². The molecular weight excluding hydrogens is 468 g/mol. The predicted molar refractivity (Wildman–Crippen MR) is 144 cm³/mol. The van der Waals surface area contributed by atoms with Crippen LogP contribution in [0.15, 0.2) is 24.3 Å². The van der Waals surface area contributed by atoms with Crippen LogP contribution in [0.25, 0.3) is 0 Å². The highest BCUT2D eigenvalue weighted by atomic mass is 16.5. The van der Waals surface area contributed by atoms with Gasteiger partial charge < -0.3 is 19.7 Å². The molecule has 1 aromatic carbocycles. The Kier molecular flexibility index (Phi) is 10.2. The highest BCUT2D eigenvalue weighted by molar-refractivity contribution is 5.73. The molecule has 2 N–H and O–H groups in total. The number of rotatable bonds is 13. The van der Waals surface area contributed by atoms with Gasteiger partial charge in [0.2, 0.25) is 0 Å². The largest absolute Gasteiger partial charge is 0.481 e. The maximum absolute atomic E-state index is 12.1. The summed E-state index contributed by atoms with van der Waals surface area (Å²) in [6.45, 7) is 10.1. The molecule has 0 aliphatic carbocycles. The van der Waals surface area contributed by atoms with E-state index in [0.717, 1.165) is 63.4 Å². The van der Waals surface area contributed by atoms with Crippen molar-refractivity contribution in [2.45, 2.75) is 130 Å². The van der Waals surface area contributed by atoms with Crippen LogP contribution in [0, 0.1) is 16.7 Å². The third-order valence-corrected chi connectivity index (χ3v) is 8.21. The molecule has 1 aromatic rings. The summed E-state index contributed by atoms with van der Waals surface area (Å²) >= 11 is 0. The van der Waals surface area contributed by atoms with Crippen molar-refractivity contribution in [3.63, 3.8) is 0 Å². The number of carbonyl (C=O) groups is 2. The normalized spacial score (nSPS) is 25.3. The van der Waals surface area contributed by atoms with E-state index in [1.54, 1.807) is 13.8 Å². The first-order valence-electron chi connectivity index (χ1n) is 14.2. The average molecular weight is 517 g/mol. The molecular formula is C31H48O6. The van der Waals surface area contributed by atoms with Gasteiger partial charge in [-0.05, 0) is 81.8 Å². The third kappa shape index (κ3) is 8.54. The van der Waals surface area contributed by atoms with Crippen LogP contribution in [0.4, 0.5) is 0 Å². The fourth-order valence-corrected chi connectivity index (χ4v) is 5.80. The molecule has 37 heavy (non-hydrogen) atoms. The zero-order chi connectivity index (χ0) is 27.2. The van der Waals surface area contributed by atoms with Gasteiger partial charge >= 0.3 is 11.9 Å². The molecule has 0 saturated carbocycles. The van der Waals surface area contributed by atoms with Crippen LogP contribution in [-0.4, -0.2) is 34.4 Å². The van der Waals surface area contributed by atoms with Crippen LogP contribution < -0.4 is 0 Å². The lowest BCUT2D eigenvalue weighted by molar-refractivity contribution is -0.148. The van der Waals surface area contributed by atoms with Gasteiger partial charge in [-0.2, -0.15) is 0 Å². The van der Waals surface area contributed by atoms with Gasteiger partial charge in [0, 0.05) is 0 Å². The summed E-state index contributed by atoms with van der Waals surface area (Å²) < 4.78 is 12.9. The first-order valence-corrected chi connectivity index (χ1v) is 14.2. The van der Waals surface area contributed by atoms with Crippen LogP contribution in [0.3, 0.4) is 0 Å². The molecule has 0 aromatic heterocycles. The first-order chi connectivity index (χ1) is 17.4. The van der Waals surface area contributed by atoms with Crippen LogP contribution in [0.1, 0.15) is 129 Å². The van der Waals surface area contributed by atoms with E-state index in [1.165, 1.54) is 5.56 Å². The topological polar surface area (TPSA) is 93.1 Å². The number of benzene rings is 1. The maximum atomic E-state index is 12.1. The summed E-state index contributed by atoms with van der Waals surface area (Å²) in [6.07, 6.45) is 9.49. The molecule has 2 fully saturated rings. The van der Waals surface area contributed by atoms with E-state index in [2.05, 4.69) is 32.9 Å². The second-order valence-electron chi connectivity index (χ2n) is 13.0. The maximum Gasteiger partial charge on any atom is 0.309 e. The smallest absolute Gasteiger partial charge is 0.309 e. The predicted octanol–water partition coefficient (Wildman–Crippen LogP) is 7.72. The molecule has 2 aliphatic rings. The lowest BCUT2D eigenvalue weighted by Gasteiger charge is -2.24. The highest BCUT2D eigenvalue weighted by Gasteiger charge is 2.38. The molecule has 5 atom stereocenters. The van der Waals surface area contributed by atoms with E-state index in [9.17, 15) is 19.8 Å². The molecule has 6 nitrogen and oxygen atoms in total. The lowest BCUT2D eigenvalue weighted by Crippen LogP contribution is -2.28. The van der Waals surface area contributed by atoms with Crippen LogP contribution in [-0.2, 0) is 19.1 Å². The van der Waals surface area contributed by atoms with E-state index in [0.29, 0.717) is 12.8 Å². The van der Waals surface area contributed by atoms with E-state index < -0.39 is 23.3 Å². The van der Waals surface area contributed by atoms with Crippen LogP contribution in [0.5, 0.6) is 0 Å². The van der Waals surface area contributed by atoms with E-state index in [1.807, 2.05) is 12.1 Å². The molecule has 2 saturated heterocycles. The molecule has 0 radical (unpaired) electrons. The molecule has 0 bridgehead atoms. The summed E-state index contributed by atoms with van der Waals surface area (Å²) in [7, 11) is 0.